The van der Waals surface area contributed by atoms with Gasteiger partial charge in [0, 0.05) is 37.2 Å². The number of nitrogens with zero attached hydrogens (tertiary/aromatic N) is 1. The highest BCUT2D eigenvalue weighted by Crippen LogP contribution is 2.44. The summed E-state index contributed by atoms with van der Waals surface area (Å²) < 4.78 is 11.9. The summed E-state index contributed by atoms with van der Waals surface area (Å²) in [7, 11) is 1.70. The Bertz CT molecular complexity index is 1000. The Morgan fingerprint density at radius 2 is 1.94 bits per heavy atom. The maximum Gasteiger partial charge on any atom is 0.410 e. The quantitative estimate of drug-likeness (QED) is 0.360. The van der Waals surface area contributed by atoms with E-state index in [1.54, 1.807) is 12.0 Å². The largest absolute Gasteiger partial charge is 0.444 e. The molecule has 2 unspecified atom stereocenters. The van der Waals surface area contributed by atoms with E-state index in [0.717, 1.165) is 46.8 Å². The number of hydrogen-bond acceptors (Lipinski definition) is 4. The molecule has 0 aromatic heterocycles. The molecule has 1 aliphatic rings. The zero-order valence-corrected chi connectivity index (χ0v) is 23.4. The van der Waals surface area contributed by atoms with Crippen LogP contribution < -0.4 is 0 Å². The number of carbonyl (C=O) groups excluding carboxylic acids is 1. The zero-order chi connectivity index (χ0) is 25.6. The second kappa shape index (κ2) is 11.9. The third-order valence-electron chi connectivity index (χ3n) is 6.68. The molecule has 5 nitrogen and oxygen atoms in total. The summed E-state index contributed by atoms with van der Waals surface area (Å²) in [6, 6.07) is 14.5. The van der Waals surface area contributed by atoms with Gasteiger partial charge in [0.15, 0.2) is 0 Å². The number of methoxy groups -OCH3 is 1. The first-order chi connectivity index (χ1) is 16.5. The number of rotatable bonds is 8. The fourth-order valence-corrected chi connectivity index (χ4v) is 5.37. The molecule has 3 rings (SSSR count). The molecule has 0 saturated carbocycles. The molecule has 1 saturated heterocycles. The van der Waals surface area contributed by atoms with Crippen LogP contribution in [0.4, 0.5) is 4.79 Å². The molecule has 192 valence electrons. The number of hydrogen-bond donors (Lipinski definition) is 1. The van der Waals surface area contributed by atoms with E-state index in [2.05, 4.69) is 53.2 Å². The fourth-order valence-electron chi connectivity index (χ4n) is 5.00. The third-order valence-corrected chi connectivity index (χ3v) is 7.18. The molecule has 0 aliphatic carbocycles. The standard InChI is InChI=1S/C29H40BrNO4/c1-21-10-8-11-22(18-21)25-19-24(30)13-14-26(25)29(33,15-6-7-17-34-5)23-12-9-16-31(20-23)27(32)35-28(2,3)4/h8,10-11,13-14,18-19,23,33H,6-7,9,12,15-17,20H2,1-5H3. The molecule has 35 heavy (non-hydrogen) atoms. The molecule has 1 amide bonds. The summed E-state index contributed by atoms with van der Waals surface area (Å²) >= 11 is 3.64. The van der Waals surface area contributed by atoms with Gasteiger partial charge in [-0.1, -0.05) is 51.8 Å². The molecular formula is C29H40BrNO4. The van der Waals surface area contributed by atoms with Crippen LogP contribution in [0.1, 0.15) is 64.0 Å². The number of piperidine rings is 1. The topological polar surface area (TPSA) is 59.0 Å². The monoisotopic (exact) mass is 545 g/mol. The van der Waals surface area contributed by atoms with E-state index in [0.29, 0.717) is 26.1 Å². The SMILES string of the molecule is COCCCCC(O)(c1ccc(Br)cc1-c1cccc(C)c1)C1CCCN(C(=O)OC(C)(C)C)C1. The van der Waals surface area contributed by atoms with Crippen LogP contribution in [0.2, 0.25) is 0 Å². The van der Waals surface area contributed by atoms with Crippen LogP contribution in [0.3, 0.4) is 0 Å². The summed E-state index contributed by atoms with van der Waals surface area (Å²) in [4.78, 5) is 14.7. The molecule has 0 bridgehead atoms. The first kappa shape index (κ1) is 27.7. The predicted octanol–water partition coefficient (Wildman–Crippen LogP) is 7.08. The smallest absolute Gasteiger partial charge is 0.410 e. The number of aliphatic hydroxyl groups is 1. The van der Waals surface area contributed by atoms with Crippen molar-refractivity contribution < 1.29 is 19.4 Å². The van der Waals surface area contributed by atoms with Crippen molar-refractivity contribution >= 4 is 22.0 Å². The Kier molecular flexibility index (Phi) is 9.41. The highest BCUT2D eigenvalue weighted by Gasteiger charge is 2.43. The average Bonchev–Trinajstić information content (AvgIpc) is 2.80. The van der Waals surface area contributed by atoms with Gasteiger partial charge in [0.05, 0.1) is 5.60 Å². The Hall–Kier alpha value is -1.89. The van der Waals surface area contributed by atoms with E-state index < -0.39 is 11.2 Å². The predicted molar refractivity (Wildman–Crippen MR) is 144 cm³/mol. The van der Waals surface area contributed by atoms with Crippen LogP contribution in [0.25, 0.3) is 11.1 Å². The van der Waals surface area contributed by atoms with Gasteiger partial charge in [-0.05, 0) is 88.6 Å². The van der Waals surface area contributed by atoms with Crippen molar-refractivity contribution in [1.29, 1.82) is 0 Å². The maximum absolute atomic E-state index is 12.9. The maximum atomic E-state index is 12.9. The number of ether oxygens (including phenoxy) is 2. The first-order valence-electron chi connectivity index (χ1n) is 12.6. The van der Waals surface area contributed by atoms with Gasteiger partial charge in [-0.25, -0.2) is 4.79 Å². The van der Waals surface area contributed by atoms with E-state index in [-0.39, 0.29) is 12.0 Å². The summed E-state index contributed by atoms with van der Waals surface area (Å²) in [6.45, 7) is 9.51. The van der Waals surface area contributed by atoms with Crippen LogP contribution in [-0.4, -0.2) is 48.5 Å². The Balaban J connectivity index is 2.01. The fraction of sp³-hybridized carbons (Fsp3) is 0.552. The van der Waals surface area contributed by atoms with Crippen molar-refractivity contribution in [3.05, 3.63) is 58.1 Å². The average molecular weight is 547 g/mol. The van der Waals surface area contributed by atoms with Crippen molar-refractivity contribution in [2.45, 2.75) is 71.0 Å². The lowest BCUT2D eigenvalue weighted by Gasteiger charge is -2.43. The van der Waals surface area contributed by atoms with E-state index in [4.69, 9.17) is 9.47 Å². The Morgan fingerprint density at radius 1 is 1.17 bits per heavy atom. The lowest BCUT2D eigenvalue weighted by atomic mass is 9.72. The van der Waals surface area contributed by atoms with Crippen LogP contribution in [0.15, 0.2) is 46.9 Å². The minimum absolute atomic E-state index is 0.101. The number of likely N-dealkylation sites (tertiary alicyclic amines) is 1. The Labute approximate surface area is 218 Å². The molecule has 0 radical (unpaired) electrons. The van der Waals surface area contributed by atoms with Crippen molar-refractivity contribution in [2.24, 2.45) is 5.92 Å². The third kappa shape index (κ3) is 7.31. The minimum atomic E-state index is -1.09. The van der Waals surface area contributed by atoms with E-state index in [9.17, 15) is 9.90 Å². The van der Waals surface area contributed by atoms with E-state index in [1.807, 2.05) is 32.9 Å². The lowest BCUT2D eigenvalue weighted by molar-refractivity contribution is -0.0638. The summed E-state index contributed by atoms with van der Waals surface area (Å²) in [5.41, 5.74) is 2.55. The van der Waals surface area contributed by atoms with Gasteiger partial charge in [0.2, 0.25) is 0 Å². The van der Waals surface area contributed by atoms with Crippen LogP contribution >= 0.6 is 15.9 Å². The molecule has 2 aromatic carbocycles. The van der Waals surface area contributed by atoms with Crippen LogP contribution in [0, 0.1) is 12.8 Å². The first-order valence-corrected chi connectivity index (χ1v) is 13.4. The number of halogens is 1. The molecule has 1 fully saturated rings. The number of amides is 1. The molecular weight excluding hydrogens is 506 g/mol. The van der Waals surface area contributed by atoms with Crippen LogP contribution in [0.5, 0.6) is 0 Å². The van der Waals surface area contributed by atoms with E-state index >= 15 is 0 Å². The molecule has 1 heterocycles. The lowest BCUT2D eigenvalue weighted by Crippen LogP contribution is -2.49. The minimum Gasteiger partial charge on any atom is -0.444 e. The molecule has 2 atom stereocenters. The van der Waals surface area contributed by atoms with Gasteiger partial charge >= 0.3 is 6.09 Å². The summed E-state index contributed by atoms with van der Waals surface area (Å²) in [5, 5.41) is 12.5. The molecule has 2 aromatic rings. The Morgan fingerprint density at radius 3 is 2.63 bits per heavy atom. The number of carbonyl (C=O) groups is 1. The second-order valence-electron chi connectivity index (χ2n) is 10.7. The normalized spacial score (nSPS) is 18.3. The van der Waals surface area contributed by atoms with Crippen molar-refractivity contribution in [2.75, 3.05) is 26.8 Å². The van der Waals surface area contributed by atoms with Gasteiger partial charge in [0.1, 0.15) is 5.60 Å². The van der Waals surface area contributed by atoms with Gasteiger partial charge in [-0.15, -0.1) is 0 Å². The highest BCUT2D eigenvalue weighted by atomic mass is 79.9. The number of benzene rings is 2. The van der Waals surface area contributed by atoms with Gasteiger partial charge in [0.25, 0.3) is 0 Å². The van der Waals surface area contributed by atoms with Crippen molar-refractivity contribution in [3.8, 4) is 11.1 Å². The van der Waals surface area contributed by atoms with Gasteiger partial charge in [-0.3, -0.25) is 0 Å². The van der Waals surface area contributed by atoms with Crippen molar-refractivity contribution in [3.63, 3.8) is 0 Å². The van der Waals surface area contributed by atoms with Gasteiger partial charge < -0.3 is 19.5 Å². The van der Waals surface area contributed by atoms with E-state index in [1.165, 1.54) is 5.56 Å². The summed E-state index contributed by atoms with van der Waals surface area (Å²) in [6.07, 6.45) is 3.68. The molecule has 1 N–H and O–H groups in total. The number of unbranched alkanes of at least 4 members (excludes halogenated alkanes) is 1. The highest BCUT2D eigenvalue weighted by molar-refractivity contribution is 9.10. The zero-order valence-electron chi connectivity index (χ0n) is 21.8. The second-order valence-corrected chi connectivity index (χ2v) is 11.6. The molecule has 6 heteroatoms. The summed E-state index contributed by atoms with van der Waals surface area (Å²) in [5.74, 6) is -0.101. The van der Waals surface area contributed by atoms with Gasteiger partial charge in [-0.2, -0.15) is 0 Å². The van der Waals surface area contributed by atoms with Crippen molar-refractivity contribution in [1.82, 2.24) is 4.90 Å². The molecule has 1 aliphatic heterocycles. The molecule has 0 spiro atoms. The van der Waals surface area contributed by atoms with Crippen LogP contribution in [-0.2, 0) is 15.1 Å². The number of aryl methyl sites for hydroxylation is 1.